The maximum atomic E-state index is 12.1. The van der Waals surface area contributed by atoms with Gasteiger partial charge in [0.15, 0.2) is 11.5 Å². The Morgan fingerprint density at radius 3 is 2.42 bits per heavy atom. The molecule has 1 aliphatic carbocycles. The van der Waals surface area contributed by atoms with Crippen molar-refractivity contribution in [1.82, 2.24) is 0 Å². The minimum atomic E-state index is -0.621. The van der Waals surface area contributed by atoms with Crippen molar-refractivity contribution in [3.05, 3.63) is 41.5 Å². The molecule has 0 radical (unpaired) electrons. The minimum Gasteiger partial charge on any atom is -0.493 e. The van der Waals surface area contributed by atoms with Crippen LogP contribution in [-0.4, -0.2) is 38.4 Å². The molecule has 7 nitrogen and oxygen atoms in total. The highest BCUT2D eigenvalue weighted by Gasteiger charge is 2.48. The second kappa shape index (κ2) is 8.13. The van der Waals surface area contributed by atoms with Crippen molar-refractivity contribution in [2.45, 2.75) is 38.9 Å². The Balaban J connectivity index is 1.72. The molecule has 2 aliphatic rings. The maximum Gasteiger partial charge on any atom is 0.338 e. The van der Waals surface area contributed by atoms with E-state index in [-0.39, 0.29) is 31.1 Å². The first-order valence-electron chi connectivity index (χ1n) is 10.3. The van der Waals surface area contributed by atoms with Gasteiger partial charge in [-0.05, 0) is 36.6 Å². The first-order valence-corrected chi connectivity index (χ1v) is 10.3. The third-order valence-electron chi connectivity index (χ3n) is 5.61. The lowest BCUT2D eigenvalue weighted by Crippen LogP contribution is -2.29. The smallest absolute Gasteiger partial charge is 0.338 e. The molecule has 2 aromatic rings. The number of carbonyl (C=O) groups excluding carboxylic acids is 2. The number of fused-ring (bicyclic) bond motifs is 1. The van der Waals surface area contributed by atoms with Crippen LogP contribution in [0.2, 0.25) is 0 Å². The second-order valence-corrected chi connectivity index (χ2v) is 8.13. The van der Waals surface area contributed by atoms with E-state index in [0.29, 0.717) is 22.8 Å². The van der Waals surface area contributed by atoms with Gasteiger partial charge in [0.25, 0.3) is 0 Å². The molecule has 0 N–H and O–H groups in total. The van der Waals surface area contributed by atoms with Crippen LogP contribution in [-0.2, 0) is 20.9 Å². The highest BCUT2D eigenvalue weighted by atomic mass is 16.6. The largest absolute Gasteiger partial charge is 0.493 e. The van der Waals surface area contributed by atoms with E-state index in [0.717, 1.165) is 29.5 Å². The molecule has 4 rings (SSSR count). The molecular formula is C24H26O7. The van der Waals surface area contributed by atoms with Crippen LogP contribution in [0.4, 0.5) is 0 Å². The van der Waals surface area contributed by atoms with E-state index >= 15 is 0 Å². The molecule has 0 unspecified atom stereocenters. The lowest BCUT2D eigenvalue weighted by molar-refractivity contribution is -0.156. The van der Waals surface area contributed by atoms with E-state index in [4.69, 9.17) is 23.7 Å². The molecular weight excluding hydrogens is 400 g/mol. The van der Waals surface area contributed by atoms with Crippen LogP contribution in [0, 0.1) is 5.92 Å². The van der Waals surface area contributed by atoms with Gasteiger partial charge >= 0.3 is 11.9 Å². The van der Waals surface area contributed by atoms with Gasteiger partial charge in [0.05, 0.1) is 25.7 Å². The van der Waals surface area contributed by atoms with Crippen LogP contribution in [0.5, 0.6) is 17.2 Å². The summed E-state index contributed by atoms with van der Waals surface area (Å²) in [7, 11) is 3.10. The van der Waals surface area contributed by atoms with E-state index in [1.165, 1.54) is 0 Å². The van der Waals surface area contributed by atoms with Gasteiger partial charge in [-0.15, -0.1) is 0 Å². The van der Waals surface area contributed by atoms with Gasteiger partial charge in [-0.25, -0.2) is 4.79 Å². The first-order chi connectivity index (χ1) is 14.9. The normalized spacial score (nSPS) is 15.8. The topological polar surface area (TPSA) is 80.3 Å². The zero-order chi connectivity index (χ0) is 22.2. The molecule has 0 atom stereocenters. The SMILES string of the molecule is COc1ccc(-c2cccc3c2COC3=O)c(OCC2(OC(=O)C(C)C)CC2)c1OC. The Morgan fingerprint density at radius 1 is 1.03 bits per heavy atom. The molecule has 0 saturated heterocycles. The number of carbonyl (C=O) groups is 2. The van der Waals surface area contributed by atoms with Crippen molar-refractivity contribution < 1.29 is 33.3 Å². The van der Waals surface area contributed by atoms with Crippen LogP contribution in [0.25, 0.3) is 11.1 Å². The molecule has 7 heteroatoms. The van der Waals surface area contributed by atoms with Crippen molar-refractivity contribution in [1.29, 1.82) is 0 Å². The number of ether oxygens (including phenoxy) is 5. The predicted molar refractivity (Wildman–Crippen MR) is 112 cm³/mol. The average Bonchev–Trinajstić information content (AvgIpc) is 3.43. The van der Waals surface area contributed by atoms with E-state index in [1.807, 2.05) is 32.0 Å². The lowest BCUT2D eigenvalue weighted by atomic mass is 9.95. The van der Waals surface area contributed by atoms with E-state index in [2.05, 4.69) is 0 Å². The summed E-state index contributed by atoms with van der Waals surface area (Å²) in [5, 5.41) is 0. The number of esters is 2. The Morgan fingerprint density at radius 2 is 1.77 bits per heavy atom. The van der Waals surface area contributed by atoms with E-state index in [1.54, 1.807) is 26.4 Å². The standard InChI is InChI=1S/C24H26O7/c1-14(2)22(25)31-24(10-11-24)13-30-20-16(8-9-19(27-3)21(20)28-4)15-6-5-7-17-18(15)12-29-23(17)26/h5-9,14H,10-13H2,1-4H3. The number of benzene rings is 2. The lowest BCUT2D eigenvalue weighted by Gasteiger charge is -2.22. The molecule has 1 aliphatic heterocycles. The monoisotopic (exact) mass is 426 g/mol. The third-order valence-corrected chi connectivity index (χ3v) is 5.61. The maximum absolute atomic E-state index is 12.1. The Labute approximate surface area is 181 Å². The first kappa shape index (κ1) is 21.0. The number of hydrogen-bond acceptors (Lipinski definition) is 7. The van der Waals surface area contributed by atoms with Gasteiger partial charge in [-0.2, -0.15) is 0 Å². The van der Waals surface area contributed by atoms with Crippen molar-refractivity contribution in [2.24, 2.45) is 5.92 Å². The highest BCUT2D eigenvalue weighted by Crippen LogP contribution is 2.48. The molecule has 1 fully saturated rings. The average molecular weight is 426 g/mol. The number of rotatable bonds is 8. The molecule has 1 saturated carbocycles. The Bertz CT molecular complexity index is 1020. The minimum absolute atomic E-state index is 0.201. The summed E-state index contributed by atoms with van der Waals surface area (Å²) >= 11 is 0. The van der Waals surface area contributed by atoms with Crippen LogP contribution in [0.1, 0.15) is 42.6 Å². The summed E-state index contributed by atoms with van der Waals surface area (Å²) in [5.41, 5.74) is 2.30. The molecule has 0 spiro atoms. The summed E-state index contributed by atoms with van der Waals surface area (Å²) < 4.78 is 28.2. The van der Waals surface area contributed by atoms with E-state index in [9.17, 15) is 9.59 Å². The van der Waals surface area contributed by atoms with Gasteiger partial charge in [0.1, 0.15) is 18.8 Å². The number of hydrogen-bond donors (Lipinski definition) is 0. The van der Waals surface area contributed by atoms with Gasteiger partial charge < -0.3 is 23.7 Å². The van der Waals surface area contributed by atoms with Crippen molar-refractivity contribution in [3.63, 3.8) is 0 Å². The van der Waals surface area contributed by atoms with Gasteiger partial charge in [-0.1, -0.05) is 26.0 Å². The van der Waals surface area contributed by atoms with Crippen LogP contribution < -0.4 is 14.2 Å². The summed E-state index contributed by atoms with van der Waals surface area (Å²) in [6.07, 6.45) is 1.49. The Kier molecular flexibility index (Phi) is 5.52. The zero-order valence-electron chi connectivity index (χ0n) is 18.2. The highest BCUT2D eigenvalue weighted by molar-refractivity contribution is 5.96. The van der Waals surface area contributed by atoms with Crippen molar-refractivity contribution in [3.8, 4) is 28.4 Å². The van der Waals surface area contributed by atoms with Gasteiger partial charge in [0, 0.05) is 11.1 Å². The van der Waals surface area contributed by atoms with Gasteiger partial charge in [0.2, 0.25) is 5.75 Å². The van der Waals surface area contributed by atoms with E-state index < -0.39 is 5.60 Å². The number of methoxy groups -OCH3 is 2. The fraction of sp³-hybridized carbons (Fsp3) is 0.417. The van der Waals surface area contributed by atoms with Gasteiger partial charge in [-0.3, -0.25) is 4.79 Å². The second-order valence-electron chi connectivity index (χ2n) is 8.13. The fourth-order valence-electron chi connectivity index (χ4n) is 3.61. The predicted octanol–water partition coefficient (Wildman–Crippen LogP) is 4.15. The van der Waals surface area contributed by atoms with Crippen LogP contribution in [0.3, 0.4) is 0 Å². The molecule has 0 aromatic heterocycles. The molecule has 164 valence electrons. The molecule has 1 heterocycles. The summed E-state index contributed by atoms with van der Waals surface area (Å²) in [4.78, 5) is 24.1. The number of cyclic esters (lactones) is 1. The van der Waals surface area contributed by atoms with Crippen LogP contribution in [0.15, 0.2) is 30.3 Å². The fourth-order valence-corrected chi connectivity index (χ4v) is 3.61. The van der Waals surface area contributed by atoms with Crippen molar-refractivity contribution >= 4 is 11.9 Å². The van der Waals surface area contributed by atoms with Crippen LogP contribution >= 0.6 is 0 Å². The molecule has 31 heavy (non-hydrogen) atoms. The quantitative estimate of drug-likeness (QED) is 0.587. The molecule has 2 aromatic carbocycles. The van der Waals surface area contributed by atoms with Crippen molar-refractivity contribution in [2.75, 3.05) is 20.8 Å². The third kappa shape index (κ3) is 3.92. The molecule has 0 amide bonds. The summed E-state index contributed by atoms with van der Waals surface area (Å²) in [6, 6.07) is 9.15. The summed E-state index contributed by atoms with van der Waals surface area (Å²) in [5.74, 6) is 0.650. The molecule has 0 bridgehead atoms. The Hall–Kier alpha value is -3.22. The zero-order valence-corrected chi connectivity index (χ0v) is 18.2. The summed E-state index contributed by atoms with van der Waals surface area (Å²) in [6.45, 7) is 4.02.